The highest BCUT2D eigenvalue weighted by Gasteiger charge is 2.25. The second kappa shape index (κ2) is 9.55. The molecule has 2 aromatic carbocycles. The number of halogens is 1. The molecule has 0 bridgehead atoms. The first-order chi connectivity index (χ1) is 12.8. The lowest BCUT2D eigenvalue weighted by Crippen LogP contribution is -2.48. The van der Waals surface area contributed by atoms with Crippen LogP contribution in [0.15, 0.2) is 46.9 Å². The zero-order valence-corrected chi connectivity index (χ0v) is 17.7. The molecule has 0 aliphatic carbocycles. The summed E-state index contributed by atoms with van der Waals surface area (Å²) in [4.78, 5) is 26.4. The van der Waals surface area contributed by atoms with Gasteiger partial charge in [-0.15, -0.1) is 0 Å². The van der Waals surface area contributed by atoms with Gasteiger partial charge in [0, 0.05) is 18.1 Å². The molecule has 2 amide bonds. The zero-order chi connectivity index (χ0) is 20.0. The average Bonchev–Trinajstić information content (AvgIpc) is 2.67. The van der Waals surface area contributed by atoms with Crippen molar-refractivity contribution < 1.29 is 14.3 Å². The Morgan fingerprint density at radius 1 is 1.11 bits per heavy atom. The highest BCUT2D eigenvalue weighted by atomic mass is 79.9. The van der Waals surface area contributed by atoms with Crippen molar-refractivity contribution in [3.05, 3.63) is 63.6 Å². The first-order valence-corrected chi connectivity index (χ1v) is 9.56. The van der Waals surface area contributed by atoms with Gasteiger partial charge in [-0.2, -0.15) is 0 Å². The van der Waals surface area contributed by atoms with Crippen LogP contribution in [0.2, 0.25) is 0 Å². The van der Waals surface area contributed by atoms with Crippen LogP contribution in [-0.2, 0) is 16.1 Å². The SMILES string of the molecule is CNC(=O)[C@@H](C)N(Cc1ccc(Br)cc1)C(=O)COc1ccc(C)c(C)c1. The number of rotatable bonds is 7. The number of likely N-dealkylation sites (N-methyl/N-ethyl adjacent to an activating group) is 1. The van der Waals surface area contributed by atoms with Crippen molar-refractivity contribution in [2.24, 2.45) is 0 Å². The number of benzene rings is 2. The second-order valence-electron chi connectivity index (χ2n) is 6.47. The molecule has 0 heterocycles. The van der Waals surface area contributed by atoms with Gasteiger partial charge in [0.25, 0.3) is 5.91 Å². The van der Waals surface area contributed by atoms with E-state index < -0.39 is 6.04 Å². The minimum atomic E-state index is -0.602. The maximum atomic E-state index is 12.8. The van der Waals surface area contributed by atoms with Crippen LogP contribution in [0.5, 0.6) is 5.75 Å². The summed E-state index contributed by atoms with van der Waals surface area (Å²) >= 11 is 3.40. The molecule has 0 aromatic heterocycles. The number of hydrogen-bond donors (Lipinski definition) is 1. The first kappa shape index (κ1) is 21.0. The zero-order valence-electron chi connectivity index (χ0n) is 16.1. The number of nitrogens with one attached hydrogen (secondary N) is 1. The summed E-state index contributed by atoms with van der Waals surface area (Å²) in [5.41, 5.74) is 3.21. The summed E-state index contributed by atoms with van der Waals surface area (Å²) in [6.45, 7) is 5.94. The maximum absolute atomic E-state index is 12.8. The topological polar surface area (TPSA) is 58.6 Å². The quantitative estimate of drug-likeness (QED) is 0.726. The Balaban J connectivity index is 2.12. The van der Waals surface area contributed by atoms with Crippen LogP contribution in [0.3, 0.4) is 0 Å². The van der Waals surface area contributed by atoms with Gasteiger partial charge in [-0.1, -0.05) is 34.1 Å². The van der Waals surface area contributed by atoms with Crippen molar-refractivity contribution in [2.75, 3.05) is 13.7 Å². The predicted octanol–water partition coefficient (Wildman–Crippen LogP) is 3.61. The number of ether oxygens (including phenoxy) is 1. The van der Waals surface area contributed by atoms with Crippen LogP contribution < -0.4 is 10.1 Å². The fourth-order valence-corrected chi connectivity index (χ4v) is 2.87. The molecule has 0 aliphatic rings. The lowest BCUT2D eigenvalue weighted by molar-refractivity contribution is -0.142. The van der Waals surface area contributed by atoms with Crippen LogP contribution in [-0.4, -0.2) is 36.4 Å². The molecule has 0 aliphatic heterocycles. The molecule has 0 saturated carbocycles. The Labute approximate surface area is 168 Å². The Bertz CT molecular complexity index is 806. The molecular weight excluding hydrogens is 408 g/mol. The molecule has 0 fully saturated rings. The summed E-state index contributed by atoms with van der Waals surface area (Å²) in [7, 11) is 1.56. The Morgan fingerprint density at radius 3 is 2.37 bits per heavy atom. The van der Waals surface area contributed by atoms with E-state index in [1.165, 1.54) is 10.5 Å². The molecule has 0 radical (unpaired) electrons. The number of amides is 2. The summed E-state index contributed by atoms with van der Waals surface area (Å²) in [6, 6.07) is 12.8. The standard InChI is InChI=1S/C21H25BrN2O3/c1-14-5-10-19(11-15(14)2)27-13-20(25)24(16(3)21(26)23-4)12-17-6-8-18(22)9-7-17/h5-11,16H,12-13H2,1-4H3,(H,23,26)/t16-/m1/s1. The number of carbonyl (C=O) groups is 2. The maximum Gasteiger partial charge on any atom is 0.261 e. The largest absolute Gasteiger partial charge is 0.484 e. The van der Waals surface area contributed by atoms with E-state index in [-0.39, 0.29) is 18.4 Å². The van der Waals surface area contributed by atoms with Gasteiger partial charge in [-0.05, 0) is 61.7 Å². The third-order valence-electron chi connectivity index (χ3n) is 4.52. The van der Waals surface area contributed by atoms with Crippen molar-refractivity contribution in [3.8, 4) is 5.75 Å². The van der Waals surface area contributed by atoms with Crippen molar-refractivity contribution >= 4 is 27.7 Å². The van der Waals surface area contributed by atoms with Crippen molar-refractivity contribution in [1.82, 2.24) is 10.2 Å². The molecule has 0 saturated heterocycles. The van der Waals surface area contributed by atoms with E-state index in [2.05, 4.69) is 21.2 Å². The summed E-state index contributed by atoms with van der Waals surface area (Å²) < 4.78 is 6.63. The Kier molecular flexibility index (Phi) is 7.42. The molecule has 1 N–H and O–H groups in total. The van der Waals surface area contributed by atoms with Gasteiger partial charge in [-0.25, -0.2) is 0 Å². The van der Waals surface area contributed by atoms with Gasteiger partial charge in [0.05, 0.1) is 0 Å². The summed E-state index contributed by atoms with van der Waals surface area (Å²) in [6.07, 6.45) is 0. The third-order valence-corrected chi connectivity index (χ3v) is 5.05. The van der Waals surface area contributed by atoms with Gasteiger partial charge >= 0.3 is 0 Å². The molecule has 0 unspecified atom stereocenters. The molecule has 27 heavy (non-hydrogen) atoms. The molecule has 1 atom stereocenters. The highest BCUT2D eigenvalue weighted by molar-refractivity contribution is 9.10. The minimum Gasteiger partial charge on any atom is -0.484 e. The number of carbonyl (C=O) groups excluding carboxylic acids is 2. The fraction of sp³-hybridized carbons (Fsp3) is 0.333. The van der Waals surface area contributed by atoms with Crippen molar-refractivity contribution in [1.29, 1.82) is 0 Å². The van der Waals surface area contributed by atoms with E-state index in [9.17, 15) is 9.59 Å². The Hall–Kier alpha value is -2.34. The van der Waals surface area contributed by atoms with Gasteiger partial charge in [0.1, 0.15) is 11.8 Å². The highest BCUT2D eigenvalue weighted by Crippen LogP contribution is 2.18. The normalized spacial score (nSPS) is 11.6. The van der Waals surface area contributed by atoms with Crippen molar-refractivity contribution in [3.63, 3.8) is 0 Å². The number of hydrogen-bond acceptors (Lipinski definition) is 3. The first-order valence-electron chi connectivity index (χ1n) is 8.77. The van der Waals surface area contributed by atoms with E-state index in [0.717, 1.165) is 15.6 Å². The van der Waals surface area contributed by atoms with E-state index in [4.69, 9.17) is 4.74 Å². The molecule has 2 aromatic rings. The van der Waals surface area contributed by atoms with Crippen LogP contribution in [0.1, 0.15) is 23.6 Å². The minimum absolute atomic E-state index is 0.125. The molecule has 0 spiro atoms. The lowest BCUT2D eigenvalue weighted by Gasteiger charge is -2.28. The van der Waals surface area contributed by atoms with Crippen LogP contribution in [0.4, 0.5) is 0 Å². The van der Waals surface area contributed by atoms with Gasteiger partial charge < -0.3 is 15.0 Å². The van der Waals surface area contributed by atoms with E-state index in [1.54, 1.807) is 14.0 Å². The van der Waals surface area contributed by atoms with Gasteiger partial charge in [0.15, 0.2) is 6.61 Å². The second-order valence-corrected chi connectivity index (χ2v) is 7.39. The smallest absolute Gasteiger partial charge is 0.261 e. The van der Waals surface area contributed by atoms with E-state index in [0.29, 0.717) is 12.3 Å². The molecule has 144 valence electrons. The van der Waals surface area contributed by atoms with Gasteiger partial charge in [0.2, 0.25) is 5.91 Å². The third kappa shape index (κ3) is 5.82. The Morgan fingerprint density at radius 2 is 1.78 bits per heavy atom. The molecule has 5 nitrogen and oxygen atoms in total. The summed E-state index contributed by atoms with van der Waals surface area (Å²) in [5.74, 6) is 0.182. The predicted molar refractivity (Wildman–Crippen MR) is 110 cm³/mol. The van der Waals surface area contributed by atoms with Crippen LogP contribution >= 0.6 is 15.9 Å². The number of nitrogens with zero attached hydrogens (tertiary/aromatic N) is 1. The lowest BCUT2D eigenvalue weighted by atomic mass is 10.1. The summed E-state index contributed by atoms with van der Waals surface area (Å²) in [5, 5.41) is 2.60. The van der Waals surface area contributed by atoms with E-state index >= 15 is 0 Å². The van der Waals surface area contributed by atoms with E-state index in [1.807, 2.05) is 56.3 Å². The van der Waals surface area contributed by atoms with Crippen molar-refractivity contribution in [2.45, 2.75) is 33.4 Å². The van der Waals surface area contributed by atoms with Gasteiger partial charge in [-0.3, -0.25) is 9.59 Å². The fourth-order valence-electron chi connectivity index (χ4n) is 2.61. The van der Waals surface area contributed by atoms with Crippen LogP contribution in [0.25, 0.3) is 0 Å². The molecule has 2 rings (SSSR count). The average molecular weight is 433 g/mol. The molecular formula is C21H25BrN2O3. The van der Waals surface area contributed by atoms with Crippen LogP contribution in [0, 0.1) is 13.8 Å². The monoisotopic (exact) mass is 432 g/mol. The molecule has 6 heteroatoms. The number of aryl methyl sites for hydroxylation is 2.